The van der Waals surface area contributed by atoms with Gasteiger partial charge in [0.15, 0.2) is 5.78 Å². The van der Waals surface area contributed by atoms with Crippen LogP contribution in [0.3, 0.4) is 0 Å². The number of benzene rings is 1. The lowest BCUT2D eigenvalue weighted by atomic mass is 10.1. The van der Waals surface area contributed by atoms with Crippen LogP contribution in [0.5, 0.6) is 0 Å². The first-order valence-corrected chi connectivity index (χ1v) is 6.57. The highest BCUT2D eigenvalue weighted by atomic mass is 32.1. The van der Waals surface area contributed by atoms with E-state index in [9.17, 15) is 4.79 Å². The van der Waals surface area contributed by atoms with Crippen LogP contribution in [0.2, 0.25) is 0 Å². The summed E-state index contributed by atoms with van der Waals surface area (Å²) in [6, 6.07) is 9.71. The van der Waals surface area contributed by atoms with Crippen molar-refractivity contribution in [1.29, 1.82) is 10.5 Å². The number of nitrogens with zero attached hydrogens (tertiary/aromatic N) is 2. The van der Waals surface area contributed by atoms with E-state index >= 15 is 0 Å². The molecule has 0 unspecified atom stereocenters. The molecule has 19 heavy (non-hydrogen) atoms. The molecule has 0 spiro atoms. The molecule has 3 rings (SSSR count). The van der Waals surface area contributed by atoms with Crippen molar-refractivity contribution >= 4 is 32.8 Å². The molecule has 0 amide bonds. The Morgan fingerprint density at radius 3 is 2.74 bits per heavy atom. The van der Waals surface area contributed by atoms with Gasteiger partial charge in [0.25, 0.3) is 0 Å². The average Bonchev–Trinajstić information content (AvgIpc) is 2.89. The number of Topliss-reactive ketones (excluding diaryl/α,β-unsaturated/α-hetero) is 1. The SMILES string of the molecule is Cc1ccc2c3c(sc2c1)C(=C(C#N)C#N)CC3=O. The standard InChI is InChI=1S/C15H8N2OS/c1-8-2-3-10-13(4-8)19-15-11(9(6-16)7-17)5-12(18)14(10)15/h2-4H,5H2,1H3. The number of aryl methyl sites for hydroxylation is 1. The first-order valence-electron chi connectivity index (χ1n) is 5.75. The number of carbonyl (C=O) groups excluding carboxylic acids is 1. The van der Waals surface area contributed by atoms with Gasteiger partial charge in [-0.2, -0.15) is 10.5 Å². The van der Waals surface area contributed by atoms with Crippen molar-refractivity contribution in [1.82, 2.24) is 0 Å². The van der Waals surface area contributed by atoms with Crippen molar-refractivity contribution < 1.29 is 4.79 Å². The number of hydrogen-bond donors (Lipinski definition) is 0. The Morgan fingerprint density at radius 2 is 2.05 bits per heavy atom. The number of thiophene rings is 1. The normalized spacial score (nSPS) is 13.2. The minimum atomic E-state index is 0.00287. The van der Waals surface area contributed by atoms with Crippen molar-refractivity contribution in [3.63, 3.8) is 0 Å². The van der Waals surface area contributed by atoms with Gasteiger partial charge in [0.2, 0.25) is 0 Å². The zero-order valence-electron chi connectivity index (χ0n) is 10.2. The molecule has 1 aromatic heterocycles. The third-order valence-electron chi connectivity index (χ3n) is 3.26. The van der Waals surface area contributed by atoms with E-state index in [2.05, 4.69) is 0 Å². The third-order valence-corrected chi connectivity index (χ3v) is 4.47. The fourth-order valence-electron chi connectivity index (χ4n) is 2.38. The molecule has 0 aliphatic heterocycles. The van der Waals surface area contributed by atoms with E-state index in [0.717, 1.165) is 20.5 Å². The smallest absolute Gasteiger partial charge is 0.169 e. The Balaban J connectivity index is 2.39. The van der Waals surface area contributed by atoms with Gasteiger partial charge in [-0.15, -0.1) is 11.3 Å². The molecular formula is C15H8N2OS. The summed E-state index contributed by atoms with van der Waals surface area (Å²) in [6.07, 6.45) is 0.168. The second kappa shape index (κ2) is 4.05. The highest BCUT2D eigenvalue weighted by molar-refractivity contribution is 7.20. The van der Waals surface area contributed by atoms with Crippen molar-refractivity contribution in [2.45, 2.75) is 13.3 Å². The van der Waals surface area contributed by atoms with Crippen LogP contribution in [0.4, 0.5) is 0 Å². The molecule has 0 bridgehead atoms. The molecule has 1 aliphatic carbocycles. The Bertz CT molecular complexity index is 827. The van der Waals surface area contributed by atoms with Gasteiger partial charge in [0.05, 0.1) is 0 Å². The zero-order chi connectivity index (χ0) is 13.6. The average molecular weight is 264 g/mol. The minimum Gasteiger partial charge on any atom is -0.294 e. The molecule has 1 aromatic carbocycles. The number of hydrogen-bond acceptors (Lipinski definition) is 4. The summed E-state index contributed by atoms with van der Waals surface area (Å²) in [5.74, 6) is 0.00287. The summed E-state index contributed by atoms with van der Waals surface area (Å²) in [5, 5.41) is 18.9. The molecule has 3 nitrogen and oxygen atoms in total. The van der Waals surface area contributed by atoms with E-state index in [4.69, 9.17) is 10.5 Å². The van der Waals surface area contributed by atoms with Crippen molar-refractivity contribution in [3.8, 4) is 12.1 Å². The number of fused-ring (bicyclic) bond motifs is 3. The molecule has 0 radical (unpaired) electrons. The highest BCUT2D eigenvalue weighted by Crippen LogP contribution is 2.44. The molecule has 0 saturated carbocycles. The van der Waals surface area contributed by atoms with Crippen LogP contribution >= 0.6 is 11.3 Å². The van der Waals surface area contributed by atoms with Gasteiger partial charge in [0.1, 0.15) is 17.7 Å². The lowest BCUT2D eigenvalue weighted by Crippen LogP contribution is -1.90. The number of allylic oxidation sites excluding steroid dienone is 2. The van der Waals surface area contributed by atoms with Crippen molar-refractivity contribution in [3.05, 3.63) is 39.8 Å². The predicted octanol–water partition coefficient (Wildman–Crippen LogP) is 3.60. The summed E-state index contributed by atoms with van der Waals surface area (Å²) >= 11 is 1.49. The molecule has 0 N–H and O–H groups in total. The first-order chi connectivity index (χ1) is 9.15. The lowest BCUT2D eigenvalue weighted by molar-refractivity contribution is 0.101. The number of carbonyl (C=O) groups is 1. The minimum absolute atomic E-state index is 0.00287. The Hall–Kier alpha value is -2.43. The van der Waals surface area contributed by atoms with E-state index < -0.39 is 0 Å². The van der Waals surface area contributed by atoms with Crippen LogP contribution in [0.15, 0.2) is 23.8 Å². The molecule has 0 fully saturated rings. The van der Waals surface area contributed by atoms with Gasteiger partial charge in [-0.25, -0.2) is 0 Å². The van der Waals surface area contributed by atoms with Crippen LogP contribution in [0, 0.1) is 29.6 Å². The van der Waals surface area contributed by atoms with Crippen LogP contribution in [-0.4, -0.2) is 5.78 Å². The molecule has 90 valence electrons. The second-order valence-electron chi connectivity index (χ2n) is 4.48. The summed E-state index contributed by atoms with van der Waals surface area (Å²) < 4.78 is 1.03. The van der Waals surface area contributed by atoms with Crippen LogP contribution < -0.4 is 0 Å². The second-order valence-corrected chi connectivity index (χ2v) is 5.54. The van der Waals surface area contributed by atoms with E-state index in [-0.39, 0.29) is 17.8 Å². The molecule has 0 atom stereocenters. The van der Waals surface area contributed by atoms with E-state index in [1.807, 2.05) is 37.3 Å². The Morgan fingerprint density at radius 1 is 1.32 bits per heavy atom. The first kappa shape index (κ1) is 11.6. The number of rotatable bonds is 0. The van der Waals surface area contributed by atoms with Gasteiger partial charge >= 0.3 is 0 Å². The lowest BCUT2D eigenvalue weighted by Gasteiger charge is -1.95. The summed E-state index contributed by atoms with van der Waals surface area (Å²) in [4.78, 5) is 12.9. The highest BCUT2D eigenvalue weighted by Gasteiger charge is 2.31. The Kier molecular flexibility index (Phi) is 2.48. The van der Waals surface area contributed by atoms with Gasteiger partial charge in [-0.3, -0.25) is 4.79 Å². The van der Waals surface area contributed by atoms with Gasteiger partial charge in [0, 0.05) is 32.5 Å². The number of ketones is 1. The molecule has 4 heteroatoms. The quantitative estimate of drug-likeness (QED) is 0.683. The maximum absolute atomic E-state index is 12.1. The van der Waals surface area contributed by atoms with Gasteiger partial charge < -0.3 is 0 Å². The third kappa shape index (κ3) is 1.58. The van der Waals surface area contributed by atoms with Crippen LogP contribution in [0.25, 0.3) is 15.7 Å². The molecule has 2 aromatic rings. The fourth-order valence-corrected chi connectivity index (χ4v) is 3.75. The van der Waals surface area contributed by atoms with E-state index in [1.54, 1.807) is 0 Å². The number of nitriles is 2. The molecule has 0 saturated heterocycles. The maximum Gasteiger partial charge on any atom is 0.169 e. The molecule has 1 aliphatic rings. The van der Waals surface area contributed by atoms with Crippen molar-refractivity contribution in [2.24, 2.45) is 0 Å². The van der Waals surface area contributed by atoms with E-state index in [0.29, 0.717) is 11.1 Å². The van der Waals surface area contributed by atoms with Crippen LogP contribution in [0.1, 0.15) is 27.2 Å². The summed E-state index contributed by atoms with van der Waals surface area (Å²) in [6.45, 7) is 2.00. The maximum atomic E-state index is 12.1. The largest absolute Gasteiger partial charge is 0.294 e. The molecule has 1 heterocycles. The van der Waals surface area contributed by atoms with E-state index in [1.165, 1.54) is 11.3 Å². The van der Waals surface area contributed by atoms with Crippen LogP contribution in [-0.2, 0) is 0 Å². The Labute approximate surface area is 114 Å². The van der Waals surface area contributed by atoms with Gasteiger partial charge in [-0.1, -0.05) is 12.1 Å². The fraction of sp³-hybridized carbons (Fsp3) is 0.133. The summed E-state index contributed by atoms with van der Waals surface area (Å²) in [7, 11) is 0. The zero-order valence-corrected chi connectivity index (χ0v) is 11.0. The summed E-state index contributed by atoms with van der Waals surface area (Å²) in [5.41, 5.74) is 2.45. The van der Waals surface area contributed by atoms with Crippen molar-refractivity contribution in [2.75, 3.05) is 0 Å². The monoisotopic (exact) mass is 264 g/mol. The topological polar surface area (TPSA) is 64.7 Å². The predicted molar refractivity (Wildman–Crippen MR) is 73.7 cm³/mol. The molecular weight excluding hydrogens is 256 g/mol. The van der Waals surface area contributed by atoms with Gasteiger partial charge in [-0.05, 0) is 18.6 Å².